The maximum Gasteiger partial charge on any atom is 0.337 e. The second-order valence-electron chi connectivity index (χ2n) is 6.92. The molecule has 0 aliphatic carbocycles. The van der Waals surface area contributed by atoms with Crippen molar-refractivity contribution in [2.75, 3.05) is 32.7 Å². The van der Waals surface area contributed by atoms with Crippen molar-refractivity contribution in [1.82, 2.24) is 4.90 Å². The number of carbonyl (C=O) groups excluding carboxylic acids is 1. The standard InChI is InChI=1S/C20H24N2O3S/c1-25-19(23)20(21-26(2,3)24)14-22(15-20)18(16-10-6-4-7-11-16)17-12-8-5-9-13-17/h4-13,18H,14-15H2,1-3H3. The largest absolute Gasteiger partial charge is 0.467 e. The highest BCUT2D eigenvalue weighted by Gasteiger charge is 2.53. The van der Waals surface area contributed by atoms with Crippen molar-refractivity contribution in [2.45, 2.75) is 11.6 Å². The van der Waals surface area contributed by atoms with Gasteiger partial charge in [-0.15, -0.1) is 0 Å². The molecule has 1 aliphatic rings. The van der Waals surface area contributed by atoms with Gasteiger partial charge in [0.1, 0.15) is 0 Å². The topological polar surface area (TPSA) is 59.0 Å². The monoisotopic (exact) mass is 372 g/mol. The van der Waals surface area contributed by atoms with Gasteiger partial charge >= 0.3 is 5.97 Å². The van der Waals surface area contributed by atoms with Gasteiger partial charge in [-0.2, -0.15) is 0 Å². The third-order valence-corrected chi connectivity index (χ3v) is 5.27. The summed E-state index contributed by atoms with van der Waals surface area (Å²) in [5.41, 5.74) is 1.23. The Morgan fingerprint density at radius 1 is 1.04 bits per heavy atom. The van der Waals surface area contributed by atoms with E-state index in [1.54, 1.807) is 12.5 Å². The molecular weight excluding hydrogens is 348 g/mol. The highest BCUT2D eigenvalue weighted by atomic mass is 32.2. The van der Waals surface area contributed by atoms with E-state index in [-0.39, 0.29) is 6.04 Å². The zero-order valence-corrected chi connectivity index (χ0v) is 16.1. The van der Waals surface area contributed by atoms with Gasteiger partial charge in [0.15, 0.2) is 5.54 Å². The minimum atomic E-state index is -2.43. The molecule has 0 saturated carbocycles. The van der Waals surface area contributed by atoms with Gasteiger partial charge in [0.05, 0.1) is 13.2 Å². The van der Waals surface area contributed by atoms with Gasteiger partial charge < -0.3 is 4.74 Å². The van der Waals surface area contributed by atoms with E-state index in [9.17, 15) is 9.00 Å². The van der Waals surface area contributed by atoms with Gasteiger partial charge in [0.25, 0.3) is 0 Å². The van der Waals surface area contributed by atoms with Gasteiger partial charge in [0.2, 0.25) is 0 Å². The predicted octanol–water partition coefficient (Wildman–Crippen LogP) is 2.73. The molecule has 138 valence electrons. The number of methoxy groups -OCH3 is 1. The molecule has 1 fully saturated rings. The summed E-state index contributed by atoms with van der Waals surface area (Å²) in [5, 5.41) is 0. The summed E-state index contributed by atoms with van der Waals surface area (Å²) in [6.45, 7) is 0.763. The zero-order chi connectivity index (χ0) is 18.8. The van der Waals surface area contributed by atoms with Crippen LogP contribution in [-0.4, -0.2) is 53.3 Å². The van der Waals surface area contributed by atoms with E-state index in [0.29, 0.717) is 13.1 Å². The molecule has 0 atom stereocenters. The molecule has 0 spiro atoms. The van der Waals surface area contributed by atoms with Gasteiger partial charge in [-0.05, 0) is 11.1 Å². The Bertz CT molecular complexity index is 836. The normalized spacial score (nSPS) is 16.8. The number of rotatable bonds is 5. The molecule has 2 aromatic carbocycles. The number of ether oxygens (including phenoxy) is 1. The fourth-order valence-electron chi connectivity index (χ4n) is 3.53. The van der Waals surface area contributed by atoms with Crippen LogP contribution in [0, 0.1) is 0 Å². The summed E-state index contributed by atoms with van der Waals surface area (Å²) in [7, 11) is -1.08. The molecule has 0 unspecified atom stereocenters. The van der Waals surface area contributed by atoms with Crippen molar-refractivity contribution < 1.29 is 13.7 Å². The Labute approximate surface area is 155 Å². The fraction of sp³-hybridized carbons (Fsp3) is 0.350. The number of carbonyl (C=O) groups is 1. The Morgan fingerprint density at radius 2 is 1.50 bits per heavy atom. The maximum absolute atomic E-state index is 12.4. The molecule has 0 N–H and O–H groups in total. The molecular formula is C20H24N2O3S. The Hall–Kier alpha value is -2.18. The van der Waals surface area contributed by atoms with Crippen LogP contribution in [0.3, 0.4) is 0 Å². The Kier molecular flexibility index (Phi) is 5.16. The first-order valence-corrected chi connectivity index (χ1v) is 10.8. The first-order chi connectivity index (χ1) is 12.3. The third kappa shape index (κ3) is 3.81. The lowest BCUT2D eigenvalue weighted by molar-refractivity contribution is -0.154. The number of hydrogen-bond donors (Lipinski definition) is 0. The number of likely N-dealkylation sites (tertiary alicyclic amines) is 1. The van der Waals surface area contributed by atoms with Crippen molar-refractivity contribution in [3.8, 4) is 0 Å². The molecule has 0 bridgehead atoms. The van der Waals surface area contributed by atoms with Crippen LogP contribution >= 0.6 is 0 Å². The molecule has 1 saturated heterocycles. The molecule has 0 aromatic heterocycles. The molecule has 0 radical (unpaired) electrons. The Morgan fingerprint density at radius 3 is 1.88 bits per heavy atom. The van der Waals surface area contributed by atoms with Crippen LogP contribution in [0.4, 0.5) is 0 Å². The van der Waals surface area contributed by atoms with Crippen LogP contribution < -0.4 is 0 Å². The quantitative estimate of drug-likeness (QED) is 0.757. The average Bonchev–Trinajstić information content (AvgIpc) is 2.59. The van der Waals surface area contributed by atoms with Crippen LogP contribution in [-0.2, 0) is 19.3 Å². The minimum Gasteiger partial charge on any atom is -0.467 e. The van der Waals surface area contributed by atoms with Crippen LogP contribution in [0.15, 0.2) is 65.0 Å². The smallest absolute Gasteiger partial charge is 0.337 e. The highest BCUT2D eigenvalue weighted by molar-refractivity contribution is 7.92. The summed E-state index contributed by atoms with van der Waals surface area (Å²) < 4.78 is 21.5. The van der Waals surface area contributed by atoms with Crippen LogP contribution in [0.1, 0.15) is 17.2 Å². The lowest BCUT2D eigenvalue weighted by Gasteiger charge is -2.49. The van der Waals surface area contributed by atoms with E-state index in [1.165, 1.54) is 7.11 Å². The van der Waals surface area contributed by atoms with E-state index in [4.69, 9.17) is 4.74 Å². The Balaban J connectivity index is 1.96. The fourth-order valence-corrected chi connectivity index (χ4v) is 4.56. The molecule has 3 rings (SSSR count). The molecule has 0 amide bonds. The molecule has 1 heterocycles. The number of benzene rings is 2. The van der Waals surface area contributed by atoms with Crippen molar-refractivity contribution in [3.63, 3.8) is 0 Å². The van der Waals surface area contributed by atoms with Gasteiger partial charge in [0, 0.05) is 35.3 Å². The number of nitrogens with zero attached hydrogens (tertiary/aromatic N) is 2. The lowest BCUT2D eigenvalue weighted by Crippen LogP contribution is -2.66. The van der Waals surface area contributed by atoms with Crippen molar-refractivity contribution in [2.24, 2.45) is 4.36 Å². The van der Waals surface area contributed by atoms with E-state index >= 15 is 0 Å². The SMILES string of the molecule is COC(=O)C1(N=S(C)(C)=O)CN(C(c2ccccc2)c2ccccc2)C1. The van der Waals surface area contributed by atoms with Crippen molar-refractivity contribution >= 4 is 15.7 Å². The van der Waals surface area contributed by atoms with Gasteiger partial charge in [-0.25, -0.2) is 9.16 Å². The summed E-state index contributed by atoms with van der Waals surface area (Å²) in [6, 6.07) is 20.3. The van der Waals surface area contributed by atoms with Crippen molar-refractivity contribution in [3.05, 3.63) is 71.8 Å². The summed E-state index contributed by atoms with van der Waals surface area (Å²) in [6.07, 6.45) is 3.10. The second kappa shape index (κ2) is 7.21. The first-order valence-electron chi connectivity index (χ1n) is 8.45. The summed E-state index contributed by atoms with van der Waals surface area (Å²) >= 11 is 0. The van der Waals surface area contributed by atoms with E-state index in [1.807, 2.05) is 36.4 Å². The molecule has 5 nitrogen and oxygen atoms in total. The molecule has 6 heteroatoms. The van der Waals surface area contributed by atoms with Crippen molar-refractivity contribution in [1.29, 1.82) is 0 Å². The van der Waals surface area contributed by atoms with Gasteiger partial charge in [-0.1, -0.05) is 60.7 Å². The lowest BCUT2D eigenvalue weighted by atomic mass is 9.85. The third-order valence-electron chi connectivity index (χ3n) is 4.49. The van der Waals surface area contributed by atoms with E-state index in [0.717, 1.165) is 11.1 Å². The number of hydrogen-bond acceptors (Lipinski definition) is 5. The minimum absolute atomic E-state index is 0.00939. The van der Waals surface area contributed by atoms with Crippen LogP contribution in [0.2, 0.25) is 0 Å². The number of esters is 1. The molecule has 26 heavy (non-hydrogen) atoms. The molecule has 2 aromatic rings. The first kappa shape index (κ1) is 18.6. The summed E-state index contributed by atoms with van der Waals surface area (Å²) in [5.74, 6) is -0.426. The highest BCUT2D eigenvalue weighted by Crippen LogP contribution is 2.38. The average molecular weight is 372 g/mol. The summed E-state index contributed by atoms with van der Waals surface area (Å²) in [4.78, 5) is 14.5. The van der Waals surface area contributed by atoms with Gasteiger partial charge in [-0.3, -0.25) is 9.11 Å². The predicted molar refractivity (Wildman–Crippen MR) is 103 cm³/mol. The molecule has 1 aliphatic heterocycles. The van der Waals surface area contributed by atoms with Crippen LogP contribution in [0.5, 0.6) is 0 Å². The van der Waals surface area contributed by atoms with Crippen LogP contribution in [0.25, 0.3) is 0 Å². The van der Waals surface area contributed by atoms with E-state index in [2.05, 4.69) is 33.5 Å². The second-order valence-corrected chi connectivity index (χ2v) is 9.47. The maximum atomic E-state index is 12.4. The zero-order valence-electron chi connectivity index (χ0n) is 15.3. The van der Waals surface area contributed by atoms with E-state index < -0.39 is 21.2 Å².